The molecule has 1 heterocycles. The molecule has 0 bridgehead atoms. The summed E-state index contributed by atoms with van der Waals surface area (Å²) in [6.45, 7) is 9.12. The second-order valence-electron chi connectivity index (χ2n) is 4.81. The second-order valence-corrected chi connectivity index (χ2v) is 6.42. The Morgan fingerprint density at radius 2 is 1.85 bits per heavy atom. The molecule has 0 N–H and O–H groups in total. The van der Waals surface area contributed by atoms with Crippen LogP contribution in [0.15, 0.2) is 0 Å². The van der Waals surface area contributed by atoms with E-state index < -0.39 is 0 Å². The van der Waals surface area contributed by atoms with Crippen LogP contribution in [0.1, 0.15) is 33.6 Å². The summed E-state index contributed by atoms with van der Waals surface area (Å²) in [7, 11) is 0. The maximum Gasteiger partial charge on any atom is 0.136 e. The van der Waals surface area contributed by atoms with Gasteiger partial charge in [0.15, 0.2) is 0 Å². The van der Waals surface area contributed by atoms with Gasteiger partial charge in [0.25, 0.3) is 0 Å². The van der Waals surface area contributed by atoms with E-state index in [0.717, 1.165) is 10.1 Å². The predicted octanol–water partition coefficient (Wildman–Crippen LogP) is 3.15. The molecule has 0 aromatic heterocycles. The Morgan fingerprint density at radius 3 is 2.31 bits per heavy atom. The van der Waals surface area contributed by atoms with Crippen LogP contribution in [0, 0.1) is 5.41 Å². The average molecular weight is 217 g/mol. The molecular weight excluding hydrogens is 198 g/mol. The van der Waals surface area contributed by atoms with Gasteiger partial charge in [-0.3, -0.25) is 0 Å². The Hall–Kier alpha value is 0.240. The van der Waals surface area contributed by atoms with E-state index in [1.165, 1.54) is 25.9 Å². The van der Waals surface area contributed by atoms with E-state index in [4.69, 9.17) is 12.2 Å². The Balaban J connectivity index is 2.25. The van der Waals surface area contributed by atoms with Gasteiger partial charge in [-0.1, -0.05) is 44.8 Å². The highest BCUT2D eigenvalue weighted by Crippen LogP contribution is 2.24. The van der Waals surface area contributed by atoms with E-state index in [2.05, 4.69) is 25.7 Å². The van der Waals surface area contributed by atoms with Crippen molar-refractivity contribution in [3.63, 3.8) is 0 Å². The lowest BCUT2D eigenvalue weighted by Crippen LogP contribution is -2.25. The van der Waals surface area contributed by atoms with Gasteiger partial charge in [0.05, 0.1) is 0 Å². The van der Waals surface area contributed by atoms with Crippen LogP contribution in [0.3, 0.4) is 0 Å². The third-order valence-corrected chi connectivity index (χ3v) is 4.12. The van der Waals surface area contributed by atoms with Crippen molar-refractivity contribution in [2.45, 2.75) is 33.6 Å². The minimum Gasteiger partial charge on any atom is -0.358 e. The molecule has 3 heteroatoms. The summed E-state index contributed by atoms with van der Waals surface area (Å²) in [4.78, 5) is 2.34. The molecule has 0 unspecified atom stereocenters. The largest absolute Gasteiger partial charge is 0.358 e. The van der Waals surface area contributed by atoms with Crippen molar-refractivity contribution >= 4 is 28.3 Å². The highest BCUT2D eigenvalue weighted by molar-refractivity contribution is 8.22. The Morgan fingerprint density at radius 1 is 1.31 bits per heavy atom. The van der Waals surface area contributed by atoms with Crippen molar-refractivity contribution in [3.8, 4) is 0 Å². The molecule has 1 saturated heterocycles. The third kappa shape index (κ3) is 4.32. The van der Waals surface area contributed by atoms with E-state index >= 15 is 0 Å². The van der Waals surface area contributed by atoms with Crippen LogP contribution in [0.25, 0.3) is 0 Å². The molecule has 0 aromatic carbocycles. The molecule has 13 heavy (non-hydrogen) atoms. The number of rotatable bonds is 1. The van der Waals surface area contributed by atoms with Crippen LogP contribution >= 0.6 is 24.0 Å². The first-order valence-corrected chi connectivity index (χ1v) is 6.30. The SMILES string of the molecule is CC(C)(C)CSC(=S)N1CCCC1. The minimum absolute atomic E-state index is 0.383. The van der Waals surface area contributed by atoms with Crippen LogP contribution in [-0.4, -0.2) is 28.1 Å². The van der Waals surface area contributed by atoms with Gasteiger partial charge in [-0.25, -0.2) is 0 Å². The summed E-state index contributed by atoms with van der Waals surface area (Å²) in [5, 5.41) is 0. The van der Waals surface area contributed by atoms with Gasteiger partial charge in [-0.15, -0.1) is 0 Å². The quantitative estimate of drug-likeness (QED) is 0.621. The summed E-state index contributed by atoms with van der Waals surface area (Å²) < 4.78 is 1.10. The normalized spacial score (nSPS) is 17.9. The Bertz CT molecular complexity index is 178. The van der Waals surface area contributed by atoms with Crippen molar-refractivity contribution in [1.29, 1.82) is 0 Å². The molecule has 1 aliphatic rings. The number of thiocarbonyl (C=S) groups is 1. The van der Waals surface area contributed by atoms with E-state index in [-0.39, 0.29) is 0 Å². The van der Waals surface area contributed by atoms with Crippen LogP contribution in [-0.2, 0) is 0 Å². The van der Waals surface area contributed by atoms with Crippen LogP contribution in [0.5, 0.6) is 0 Å². The maximum absolute atomic E-state index is 5.37. The maximum atomic E-state index is 5.37. The lowest BCUT2D eigenvalue weighted by molar-refractivity contribution is 0.480. The van der Waals surface area contributed by atoms with E-state index in [9.17, 15) is 0 Å². The number of nitrogens with zero attached hydrogens (tertiary/aromatic N) is 1. The molecular formula is C10H19NS2. The molecule has 1 rings (SSSR count). The summed E-state index contributed by atoms with van der Waals surface area (Å²) in [5.41, 5.74) is 0.383. The van der Waals surface area contributed by atoms with Gasteiger partial charge in [0.2, 0.25) is 0 Å². The standard InChI is InChI=1S/C10H19NS2/c1-10(2,3)8-13-9(12)11-6-4-5-7-11/h4-8H2,1-3H3. The molecule has 1 aliphatic heterocycles. The molecule has 1 fully saturated rings. The van der Waals surface area contributed by atoms with E-state index in [1.807, 2.05) is 11.8 Å². The van der Waals surface area contributed by atoms with Gasteiger partial charge in [-0.05, 0) is 18.3 Å². The number of hydrogen-bond donors (Lipinski definition) is 0. The fraction of sp³-hybridized carbons (Fsp3) is 0.900. The van der Waals surface area contributed by atoms with E-state index in [1.54, 1.807) is 0 Å². The molecule has 0 radical (unpaired) electrons. The van der Waals surface area contributed by atoms with Gasteiger partial charge in [0, 0.05) is 18.8 Å². The molecule has 0 aromatic rings. The van der Waals surface area contributed by atoms with Crippen molar-refractivity contribution in [3.05, 3.63) is 0 Å². The summed E-state index contributed by atoms with van der Waals surface area (Å²) in [6.07, 6.45) is 2.63. The zero-order chi connectivity index (χ0) is 9.90. The third-order valence-electron chi connectivity index (χ3n) is 1.99. The van der Waals surface area contributed by atoms with Crippen molar-refractivity contribution in [2.75, 3.05) is 18.8 Å². The van der Waals surface area contributed by atoms with Gasteiger partial charge < -0.3 is 4.90 Å². The number of thioether (sulfide) groups is 1. The lowest BCUT2D eigenvalue weighted by atomic mass is 10.0. The molecule has 0 spiro atoms. The fourth-order valence-corrected chi connectivity index (χ4v) is 2.55. The van der Waals surface area contributed by atoms with Crippen molar-refractivity contribution in [2.24, 2.45) is 5.41 Å². The van der Waals surface area contributed by atoms with Crippen molar-refractivity contribution < 1.29 is 0 Å². The zero-order valence-corrected chi connectivity index (χ0v) is 10.4. The minimum atomic E-state index is 0.383. The monoisotopic (exact) mass is 217 g/mol. The van der Waals surface area contributed by atoms with Crippen molar-refractivity contribution in [1.82, 2.24) is 4.90 Å². The van der Waals surface area contributed by atoms with Gasteiger partial charge >= 0.3 is 0 Å². The van der Waals surface area contributed by atoms with E-state index in [0.29, 0.717) is 5.41 Å². The fourth-order valence-electron chi connectivity index (χ4n) is 1.27. The van der Waals surface area contributed by atoms with Crippen LogP contribution in [0.4, 0.5) is 0 Å². The summed E-state index contributed by atoms with van der Waals surface area (Å²) in [6, 6.07) is 0. The first kappa shape index (κ1) is 11.3. The summed E-state index contributed by atoms with van der Waals surface area (Å²) in [5.74, 6) is 1.13. The zero-order valence-electron chi connectivity index (χ0n) is 8.80. The first-order valence-electron chi connectivity index (χ1n) is 4.91. The molecule has 0 atom stereocenters. The number of likely N-dealkylation sites (tertiary alicyclic amines) is 1. The number of hydrogen-bond acceptors (Lipinski definition) is 2. The lowest BCUT2D eigenvalue weighted by Gasteiger charge is -2.22. The van der Waals surface area contributed by atoms with Gasteiger partial charge in [-0.2, -0.15) is 0 Å². The molecule has 0 aliphatic carbocycles. The van der Waals surface area contributed by atoms with Crippen LogP contribution in [0.2, 0.25) is 0 Å². The smallest absolute Gasteiger partial charge is 0.136 e. The van der Waals surface area contributed by atoms with Crippen LogP contribution < -0.4 is 0 Å². The predicted molar refractivity (Wildman–Crippen MR) is 65.3 cm³/mol. The summed E-state index contributed by atoms with van der Waals surface area (Å²) >= 11 is 7.21. The molecule has 1 nitrogen and oxygen atoms in total. The Kier molecular flexibility index (Phi) is 4.05. The second kappa shape index (κ2) is 4.65. The molecule has 0 amide bonds. The average Bonchev–Trinajstić information content (AvgIpc) is 2.50. The Labute approximate surface area is 91.3 Å². The first-order chi connectivity index (χ1) is 5.99. The molecule has 76 valence electrons. The highest BCUT2D eigenvalue weighted by Gasteiger charge is 2.17. The highest BCUT2D eigenvalue weighted by atomic mass is 32.2. The topological polar surface area (TPSA) is 3.24 Å². The molecule has 0 saturated carbocycles. The van der Waals surface area contributed by atoms with Gasteiger partial charge in [0.1, 0.15) is 4.32 Å².